The predicted molar refractivity (Wildman–Crippen MR) is 90.2 cm³/mol. The monoisotopic (exact) mass is 363 g/mol. The smallest absolute Gasteiger partial charge is 0.411 e. The van der Waals surface area contributed by atoms with Gasteiger partial charge in [-0.25, -0.2) is 4.79 Å². The van der Waals surface area contributed by atoms with Crippen LogP contribution in [0.25, 0.3) is 0 Å². The SMILES string of the molecule is CC(C)Oc1ccc(NC(=O)OCc2ccccc2)cc1Br. The number of rotatable bonds is 5. The van der Waals surface area contributed by atoms with Crippen LogP contribution >= 0.6 is 15.9 Å². The maximum absolute atomic E-state index is 11.8. The van der Waals surface area contributed by atoms with Gasteiger partial charge >= 0.3 is 6.09 Å². The van der Waals surface area contributed by atoms with E-state index in [0.717, 1.165) is 15.8 Å². The fourth-order valence-corrected chi connectivity index (χ4v) is 2.28. The zero-order valence-electron chi connectivity index (χ0n) is 12.5. The molecule has 2 rings (SSSR count). The lowest BCUT2D eigenvalue weighted by molar-refractivity contribution is 0.155. The van der Waals surface area contributed by atoms with Crippen molar-refractivity contribution in [2.45, 2.75) is 26.6 Å². The Kier molecular flexibility index (Phi) is 5.83. The summed E-state index contributed by atoms with van der Waals surface area (Å²) in [6.07, 6.45) is -0.403. The van der Waals surface area contributed by atoms with Gasteiger partial charge < -0.3 is 9.47 Å². The van der Waals surface area contributed by atoms with Crippen LogP contribution in [0.4, 0.5) is 10.5 Å². The molecule has 0 saturated carbocycles. The van der Waals surface area contributed by atoms with E-state index in [4.69, 9.17) is 9.47 Å². The Hall–Kier alpha value is -2.01. The largest absolute Gasteiger partial charge is 0.490 e. The molecule has 0 aliphatic heterocycles. The highest BCUT2D eigenvalue weighted by atomic mass is 79.9. The van der Waals surface area contributed by atoms with E-state index >= 15 is 0 Å². The summed E-state index contributed by atoms with van der Waals surface area (Å²) in [6.45, 7) is 4.15. The summed E-state index contributed by atoms with van der Waals surface area (Å²) in [6, 6.07) is 14.9. The molecule has 1 N–H and O–H groups in total. The van der Waals surface area contributed by atoms with Gasteiger partial charge in [0.2, 0.25) is 0 Å². The Morgan fingerprint density at radius 1 is 1.18 bits per heavy atom. The molecule has 22 heavy (non-hydrogen) atoms. The van der Waals surface area contributed by atoms with Gasteiger partial charge in [-0.05, 0) is 53.5 Å². The molecular formula is C17H18BrNO3. The standard InChI is InChI=1S/C17H18BrNO3/c1-12(2)22-16-9-8-14(10-15(16)18)19-17(20)21-11-13-6-4-3-5-7-13/h3-10,12H,11H2,1-2H3,(H,19,20). The number of amides is 1. The molecule has 0 atom stereocenters. The molecule has 0 saturated heterocycles. The highest BCUT2D eigenvalue weighted by molar-refractivity contribution is 9.10. The second-order valence-corrected chi connectivity index (χ2v) is 5.85. The van der Waals surface area contributed by atoms with E-state index in [1.807, 2.05) is 44.2 Å². The van der Waals surface area contributed by atoms with Crippen LogP contribution in [0.15, 0.2) is 53.0 Å². The van der Waals surface area contributed by atoms with Crippen LogP contribution in [0.5, 0.6) is 5.75 Å². The molecular weight excluding hydrogens is 346 g/mol. The molecule has 0 aliphatic carbocycles. The highest BCUT2D eigenvalue weighted by Crippen LogP contribution is 2.29. The van der Waals surface area contributed by atoms with Gasteiger partial charge in [-0.1, -0.05) is 30.3 Å². The summed E-state index contributed by atoms with van der Waals surface area (Å²) >= 11 is 3.42. The molecule has 0 aromatic heterocycles. The number of hydrogen-bond acceptors (Lipinski definition) is 3. The summed E-state index contributed by atoms with van der Waals surface area (Å²) in [5, 5.41) is 2.69. The fourth-order valence-electron chi connectivity index (χ4n) is 1.81. The van der Waals surface area contributed by atoms with Crippen molar-refractivity contribution in [1.82, 2.24) is 0 Å². The van der Waals surface area contributed by atoms with Gasteiger partial charge in [0.25, 0.3) is 0 Å². The Bertz CT molecular complexity index is 629. The van der Waals surface area contributed by atoms with Crippen LogP contribution in [0, 0.1) is 0 Å². The first-order valence-corrected chi connectivity index (χ1v) is 7.78. The van der Waals surface area contributed by atoms with Crippen LogP contribution in [0.1, 0.15) is 19.4 Å². The third kappa shape index (κ3) is 5.07. The maximum atomic E-state index is 11.8. The van der Waals surface area contributed by atoms with Crippen LogP contribution < -0.4 is 10.1 Å². The van der Waals surface area contributed by atoms with Crippen molar-refractivity contribution < 1.29 is 14.3 Å². The van der Waals surface area contributed by atoms with E-state index in [1.165, 1.54) is 0 Å². The third-order valence-corrected chi connectivity index (χ3v) is 3.37. The molecule has 0 fully saturated rings. The second-order valence-electron chi connectivity index (χ2n) is 5.00. The van der Waals surface area contributed by atoms with Gasteiger partial charge in [0.05, 0.1) is 10.6 Å². The van der Waals surface area contributed by atoms with Crippen molar-refractivity contribution >= 4 is 27.7 Å². The van der Waals surface area contributed by atoms with E-state index in [0.29, 0.717) is 5.69 Å². The van der Waals surface area contributed by atoms with Crippen molar-refractivity contribution in [3.05, 3.63) is 58.6 Å². The first-order valence-electron chi connectivity index (χ1n) is 6.98. The van der Waals surface area contributed by atoms with Crippen LogP contribution in [-0.4, -0.2) is 12.2 Å². The average Bonchev–Trinajstić information content (AvgIpc) is 2.49. The minimum absolute atomic E-state index is 0.0888. The zero-order chi connectivity index (χ0) is 15.9. The lowest BCUT2D eigenvalue weighted by Crippen LogP contribution is -2.13. The number of hydrogen-bond donors (Lipinski definition) is 1. The Morgan fingerprint density at radius 2 is 1.91 bits per heavy atom. The van der Waals surface area contributed by atoms with Crippen molar-refractivity contribution in [3.63, 3.8) is 0 Å². The quantitative estimate of drug-likeness (QED) is 0.814. The Balaban J connectivity index is 1.90. The molecule has 0 aliphatic rings. The van der Waals surface area contributed by atoms with Gasteiger partial charge in [0, 0.05) is 5.69 Å². The number of nitrogens with one attached hydrogen (secondary N) is 1. The predicted octanol–water partition coefficient (Wildman–Crippen LogP) is 4.99. The van der Waals surface area contributed by atoms with Gasteiger partial charge in [0.15, 0.2) is 0 Å². The number of carbonyl (C=O) groups excluding carboxylic acids is 1. The molecule has 2 aromatic carbocycles. The normalized spacial score (nSPS) is 10.4. The van der Waals surface area contributed by atoms with Gasteiger partial charge in [-0.3, -0.25) is 5.32 Å². The summed E-state index contributed by atoms with van der Waals surface area (Å²) in [5.41, 5.74) is 1.58. The average molecular weight is 364 g/mol. The summed E-state index contributed by atoms with van der Waals surface area (Å²) < 4.78 is 11.6. The molecule has 0 radical (unpaired) electrons. The zero-order valence-corrected chi connectivity index (χ0v) is 14.1. The second kappa shape index (κ2) is 7.84. The van der Waals surface area contributed by atoms with Gasteiger partial charge in [-0.2, -0.15) is 0 Å². The van der Waals surface area contributed by atoms with Crippen molar-refractivity contribution in [1.29, 1.82) is 0 Å². The van der Waals surface area contributed by atoms with Gasteiger partial charge in [0.1, 0.15) is 12.4 Å². The Labute approximate surface area is 138 Å². The molecule has 116 valence electrons. The molecule has 5 heteroatoms. The Morgan fingerprint density at radius 3 is 2.55 bits per heavy atom. The highest BCUT2D eigenvalue weighted by Gasteiger charge is 2.08. The van der Waals surface area contributed by atoms with E-state index in [-0.39, 0.29) is 12.7 Å². The van der Waals surface area contributed by atoms with Crippen molar-refractivity contribution in [3.8, 4) is 5.75 Å². The minimum Gasteiger partial charge on any atom is -0.490 e. The molecule has 2 aromatic rings. The van der Waals surface area contributed by atoms with Crippen LogP contribution in [0.2, 0.25) is 0 Å². The van der Waals surface area contributed by atoms with Crippen molar-refractivity contribution in [2.24, 2.45) is 0 Å². The molecule has 0 unspecified atom stereocenters. The lowest BCUT2D eigenvalue weighted by Gasteiger charge is -2.13. The van der Waals surface area contributed by atoms with Crippen molar-refractivity contribution in [2.75, 3.05) is 5.32 Å². The third-order valence-electron chi connectivity index (χ3n) is 2.75. The maximum Gasteiger partial charge on any atom is 0.411 e. The molecule has 0 spiro atoms. The number of benzene rings is 2. The molecule has 0 bridgehead atoms. The van der Waals surface area contributed by atoms with Gasteiger partial charge in [-0.15, -0.1) is 0 Å². The topological polar surface area (TPSA) is 47.6 Å². The van der Waals surface area contributed by atoms with E-state index < -0.39 is 6.09 Å². The fraction of sp³-hybridized carbons (Fsp3) is 0.235. The van der Waals surface area contributed by atoms with Crippen LogP contribution in [-0.2, 0) is 11.3 Å². The number of anilines is 1. The van der Waals surface area contributed by atoms with E-state index in [9.17, 15) is 4.79 Å². The number of ether oxygens (including phenoxy) is 2. The first-order chi connectivity index (χ1) is 10.5. The summed E-state index contributed by atoms with van der Waals surface area (Å²) in [5.74, 6) is 0.734. The lowest BCUT2D eigenvalue weighted by atomic mass is 10.2. The molecule has 4 nitrogen and oxygen atoms in total. The first kappa shape index (κ1) is 16.4. The minimum atomic E-state index is -0.492. The molecule has 1 amide bonds. The van der Waals surface area contributed by atoms with E-state index in [1.54, 1.807) is 18.2 Å². The van der Waals surface area contributed by atoms with Crippen LogP contribution in [0.3, 0.4) is 0 Å². The van der Waals surface area contributed by atoms with E-state index in [2.05, 4.69) is 21.2 Å². The summed E-state index contributed by atoms with van der Waals surface area (Å²) in [7, 11) is 0. The molecule has 0 heterocycles. The number of halogens is 1. The number of carbonyl (C=O) groups is 1. The summed E-state index contributed by atoms with van der Waals surface area (Å²) in [4.78, 5) is 11.8.